The lowest BCUT2D eigenvalue weighted by Crippen LogP contribution is -2.15. The Balaban J connectivity index is 2.17. The molecule has 0 N–H and O–H groups in total. The summed E-state index contributed by atoms with van der Waals surface area (Å²) in [4.78, 5) is 0. The van der Waals surface area contributed by atoms with E-state index < -0.39 is 0 Å². The molecule has 0 nitrogen and oxygen atoms in total. The summed E-state index contributed by atoms with van der Waals surface area (Å²) in [6, 6.07) is 8.35. The van der Waals surface area contributed by atoms with Crippen molar-refractivity contribution in [3.8, 4) is 0 Å². The predicted octanol–water partition coefficient (Wildman–Crippen LogP) is 5.16. The first-order valence-corrected chi connectivity index (χ1v) is 8.10. The van der Waals surface area contributed by atoms with Crippen LogP contribution in [0.4, 0.5) is 0 Å². The lowest BCUT2D eigenvalue weighted by molar-refractivity contribution is 0.774. The summed E-state index contributed by atoms with van der Waals surface area (Å²) in [6.45, 7) is 2.34. The topological polar surface area (TPSA) is 0 Å². The molecule has 1 aliphatic rings. The van der Waals surface area contributed by atoms with E-state index >= 15 is 0 Å². The van der Waals surface area contributed by atoms with Crippen LogP contribution in [0.2, 0.25) is 5.02 Å². The Labute approximate surface area is 112 Å². The zero-order valence-corrected chi connectivity index (χ0v) is 11.9. The molecule has 1 aliphatic heterocycles. The van der Waals surface area contributed by atoms with Crippen LogP contribution in [0.15, 0.2) is 24.3 Å². The van der Waals surface area contributed by atoms with Crippen molar-refractivity contribution in [3.63, 3.8) is 0 Å². The van der Waals surface area contributed by atoms with Gasteiger partial charge in [-0.3, -0.25) is 0 Å². The second-order valence-corrected chi connectivity index (χ2v) is 7.93. The van der Waals surface area contributed by atoms with Gasteiger partial charge in [-0.25, -0.2) is 0 Å². The van der Waals surface area contributed by atoms with Crippen molar-refractivity contribution in [2.75, 3.05) is 11.5 Å². The van der Waals surface area contributed by atoms with Gasteiger partial charge in [0.2, 0.25) is 0 Å². The zero-order valence-electron chi connectivity index (χ0n) is 9.54. The van der Waals surface area contributed by atoms with Gasteiger partial charge in [0, 0.05) is 5.02 Å². The van der Waals surface area contributed by atoms with Gasteiger partial charge in [0.25, 0.3) is 0 Å². The highest BCUT2D eigenvalue weighted by Gasteiger charge is 2.28. The Morgan fingerprint density at radius 1 is 1.00 bits per heavy atom. The number of benzene rings is 1. The molecule has 0 unspecified atom stereocenters. The molecule has 1 aromatic rings. The molecule has 0 spiro atoms. The summed E-state index contributed by atoms with van der Waals surface area (Å²) in [5.74, 6) is 2.54. The molecule has 1 aromatic carbocycles. The highest BCUT2D eigenvalue weighted by Crippen LogP contribution is 2.48. The van der Waals surface area contributed by atoms with E-state index in [0.717, 1.165) is 5.02 Å². The van der Waals surface area contributed by atoms with E-state index in [1.807, 2.05) is 12.1 Å². The fourth-order valence-corrected chi connectivity index (χ4v) is 4.92. The maximum atomic E-state index is 5.94. The van der Waals surface area contributed by atoms with Gasteiger partial charge in [-0.2, -0.15) is 0 Å². The van der Waals surface area contributed by atoms with Gasteiger partial charge < -0.3 is 0 Å². The van der Waals surface area contributed by atoms with Crippen LogP contribution in [0, 0.1) is 0 Å². The summed E-state index contributed by atoms with van der Waals surface area (Å²) in [5.41, 5.74) is 1.40. The Bertz CT molecular complexity index is 326. The van der Waals surface area contributed by atoms with Gasteiger partial charge >= 0.3 is 0 Å². The minimum Gasteiger partial charge on any atom is -0.140 e. The van der Waals surface area contributed by atoms with E-state index in [0.29, 0.717) is 0 Å². The zero-order chi connectivity index (χ0) is 11.4. The molecular weight excluding hydrogens is 256 g/mol. The summed E-state index contributed by atoms with van der Waals surface area (Å²) in [7, 11) is 0. The fourth-order valence-electron chi connectivity index (χ4n) is 1.88. The van der Waals surface area contributed by atoms with Crippen molar-refractivity contribution in [1.82, 2.24) is 0 Å². The van der Waals surface area contributed by atoms with Crippen LogP contribution in [-0.2, 0) is 4.08 Å². The monoisotopic (exact) mass is 272 g/mol. The van der Waals surface area contributed by atoms with Crippen LogP contribution in [0.25, 0.3) is 0 Å². The average Bonchev–Trinajstić information content (AvgIpc) is 2.25. The van der Waals surface area contributed by atoms with E-state index in [1.54, 1.807) is 0 Å². The molecule has 0 atom stereocenters. The number of thioether (sulfide) groups is 2. The van der Waals surface area contributed by atoms with E-state index in [1.165, 1.54) is 36.3 Å². The Hall–Kier alpha value is 0.210. The van der Waals surface area contributed by atoms with Gasteiger partial charge in [-0.05, 0) is 49.0 Å². The van der Waals surface area contributed by atoms with E-state index in [4.69, 9.17) is 11.6 Å². The molecule has 1 fully saturated rings. The minimum absolute atomic E-state index is 0.213. The second-order valence-electron chi connectivity index (χ2n) is 4.21. The third kappa shape index (κ3) is 3.12. The molecule has 2 rings (SSSR count). The SMILES string of the molecule is CC1(c2ccc(Cl)cc2)SCCCCCS1. The van der Waals surface area contributed by atoms with Gasteiger partial charge in [-0.15, -0.1) is 23.5 Å². The molecule has 0 saturated carbocycles. The summed E-state index contributed by atoms with van der Waals surface area (Å²) >= 11 is 10.1. The maximum absolute atomic E-state index is 5.94. The molecule has 1 heterocycles. The standard InChI is InChI=1S/C13H17ClS2/c1-13(11-5-7-12(14)8-6-11)15-9-3-2-4-10-16-13/h5-8H,2-4,9-10H2,1H3. The van der Waals surface area contributed by atoms with Crippen molar-refractivity contribution < 1.29 is 0 Å². The average molecular weight is 273 g/mol. The molecule has 3 heteroatoms. The number of hydrogen-bond acceptors (Lipinski definition) is 2. The van der Waals surface area contributed by atoms with Crippen molar-refractivity contribution in [1.29, 1.82) is 0 Å². The number of hydrogen-bond donors (Lipinski definition) is 0. The molecule has 0 aromatic heterocycles. The van der Waals surface area contributed by atoms with Crippen molar-refractivity contribution in [2.24, 2.45) is 0 Å². The van der Waals surface area contributed by atoms with Gasteiger partial charge in [0.15, 0.2) is 0 Å². The lowest BCUT2D eigenvalue weighted by Gasteiger charge is -2.31. The third-order valence-electron chi connectivity index (χ3n) is 2.91. The minimum atomic E-state index is 0.213. The Kier molecular flexibility index (Phi) is 4.51. The maximum Gasteiger partial charge on any atom is 0.0832 e. The van der Waals surface area contributed by atoms with Crippen LogP contribution in [-0.4, -0.2) is 11.5 Å². The quantitative estimate of drug-likeness (QED) is 0.692. The van der Waals surface area contributed by atoms with Crippen molar-refractivity contribution in [2.45, 2.75) is 30.3 Å². The van der Waals surface area contributed by atoms with Crippen molar-refractivity contribution in [3.05, 3.63) is 34.9 Å². The van der Waals surface area contributed by atoms with Crippen LogP contribution in [0.5, 0.6) is 0 Å². The third-order valence-corrected chi connectivity index (χ3v) is 6.43. The van der Waals surface area contributed by atoms with Crippen LogP contribution in [0.1, 0.15) is 31.7 Å². The second kappa shape index (κ2) is 5.70. The molecule has 1 saturated heterocycles. The van der Waals surface area contributed by atoms with E-state index in [9.17, 15) is 0 Å². The first kappa shape index (κ1) is 12.7. The van der Waals surface area contributed by atoms with Crippen molar-refractivity contribution >= 4 is 35.1 Å². The Morgan fingerprint density at radius 2 is 1.56 bits per heavy atom. The van der Waals surface area contributed by atoms with Gasteiger partial charge in [0.05, 0.1) is 4.08 Å². The summed E-state index contributed by atoms with van der Waals surface area (Å²) in [5, 5.41) is 0.827. The first-order chi connectivity index (χ1) is 7.71. The molecular formula is C13H17ClS2. The first-order valence-electron chi connectivity index (χ1n) is 5.75. The molecule has 0 bridgehead atoms. The van der Waals surface area contributed by atoms with E-state index in [2.05, 4.69) is 42.6 Å². The smallest absolute Gasteiger partial charge is 0.0832 e. The van der Waals surface area contributed by atoms with Gasteiger partial charge in [0.1, 0.15) is 0 Å². The largest absolute Gasteiger partial charge is 0.140 e. The van der Waals surface area contributed by atoms with Crippen LogP contribution < -0.4 is 0 Å². The van der Waals surface area contributed by atoms with Crippen LogP contribution in [0.3, 0.4) is 0 Å². The van der Waals surface area contributed by atoms with E-state index in [-0.39, 0.29) is 4.08 Å². The molecule has 88 valence electrons. The summed E-state index contributed by atoms with van der Waals surface area (Å²) < 4.78 is 0.213. The normalized spacial score (nSPS) is 21.1. The lowest BCUT2D eigenvalue weighted by atomic mass is 10.1. The van der Waals surface area contributed by atoms with Gasteiger partial charge in [-0.1, -0.05) is 30.2 Å². The highest BCUT2D eigenvalue weighted by molar-refractivity contribution is 8.17. The predicted molar refractivity (Wildman–Crippen MR) is 77.6 cm³/mol. The molecule has 0 aliphatic carbocycles. The summed E-state index contributed by atoms with van der Waals surface area (Å²) in [6.07, 6.45) is 4.10. The Morgan fingerprint density at radius 3 is 2.12 bits per heavy atom. The number of rotatable bonds is 1. The molecule has 0 radical (unpaired) electrons. The highest BCUT2D eigenvalue weighted by atomic mass is 35.5. The molecule has 0 amide bonds. The van der Waals surface area contributed by atoms with Crippen LogP contribution >= 0.6 is 35.1 Å². The molecule has 16 heavy (non-hydrogen) atoms. The number of halogens is 1. The fraction of sp³-hybridized carbons (Fsp3) is 0.538.